The lowest BCUT2D eigenvalue weighted by atomic mass is 10.3. The summed E-state index contributed by atoms with van der Waals surface area (Å²) >= 11 is 7.92. The molecule has 1 aromatic carbocycles. The van der Waals surface area contributed by atoms with Crippen LogP contribution in [0.25, 0.3) is 11.0 Å². The summed E-state index contributed by atoms with van der Waals surface area (Å²) in [7, 11) is 0. The molecule has 1 aromatic heterocycles. The molecule has 2 rings (SSSR count). The topological polar surface area (TPSA) is 26.0 Å². The lowest BCUT2D eigenvalue weighted by molar-refractivity contribution is 0.456. The first kappa shape index (κ1) is 7.36. The van der Waals surface area contributed by atoms with E-state index in [0.29, 0.717) is 5.15 Å². The van der Waals surface area contributed by atoms with Gasteiger partial charge in [0.15, 0.2) is 10.7 Å². The zero-order chi connectivity index (χ0) is 7.84. The number of rotatable bonds is 0. The van der Waals surface area contributed by atoms with Crippen LogP contribution >= 0.6 is 34.2 Å². The molecule has 0 saturated heterocycles. The van der Waals surface area contributed by atoms with E-state index in [9.17, 15) is 0 Å². The SMILES string of the molecule is Clc1noc2cc(I)ccc12. The molecule has 0 bridgehead atoms. The van der Waals surface area contributed by atoms with Gasteiger partial charge in [-0.3, -0.25) is 0 Å². The van der Waals surface area contributed by atoms with Gasteiger partial charge in [-0.2, -0.15) is 0 Å². The normalized spacial score (nSPS) is 10.7. The summed E-state index contributed by atoms with van der Waals surface area (Å²) in [5, 5.41) is 4.92. The van der Waals surface area contributed by atoms with Crippen molar-refractivity contribution in [2.24, 2.45) is 0 Å². The molecule has 2 nitrogen and oxygen atoms in total. The lowest BCUT2D eigenvalue weighted by Gasteiger charge is -1.86. The van der Waals surface area contributed by atoms with Gasteiger partial charge in [-0.25, -0.2) is 0 Å². The van der Waals surface area contributed by atoms with Crippen LogP contribution in [0.1, 0.15) is 0 Å². The first-order chi connectivity index (χ1) is 5.27. The van der Waals surface area contributed by atoms with Crippen molar-refractivity contribution in [2.45, 2.75) is 0 Å². The fourth-order valence-electron chi connectivity index (χ4n) is 0.881. The van der Waals surface area contributed by atoms with Gasteiger partial charge in [0.05, 0.1) is 5.39 Å². The summed E-state index contributed by atoms with van der Waals surface area (Å²) in [5.41, 5.74) is 0.738. The molecule has 4 heteroatoms. The zero-order valence-electron chi connectivity index (χ0n) is 5.34. The summed E-state index contributed by atoms with van der Waals surface area (Å²) in [6, 6.07) is 5.76. The van der Waals surface area contributed by atoms with Crippen molar-refractivity contribution in [3.63, 3.8) is 0 Å². The smallest absolute Gasteiger partial charge is 0.179 e. The minimum atomic E-state index is 0.427. The maximum Gasteiger partial charge on any atom is 0.179 e. The summed E-state index contributed by atoms with van der Waals surface area (Å²) in [6.07, 6.45) is 0. The van der Waals surface area contributed by atoms with Crippen LogP contribution in [0.4, 0.5) is 0 Å². The monoisotopic (exact) mass is 279 g/mol. The Labute approximate surface area is 81.6 Å². The maximum atomic E-state index is 5.72. The van der Waals surface area contributed by atoms with Gasteiger partial charge in [-0.05, 0) is 40.8 Å². The van der Waals surface area contributed by atoms with E-state index in [4.69, 9.17) is 16.1 Å². The maximum absolute atomic E-state index is 5.72. The van der Waals surface area contributed by atoms with Crippen LogP contribution in [0.15, 0.2) is 22.7 Å². The molecule has 2 aromatic rings. The summed E-state index contributed by atoms with van der Waals surface area (Å²) in [4.78, 5) is 0. The number of nitrogens with zero attached hydrogens (tertiary/aromatic N) is 1. The molecule has 0 spiro atoms. The van der Waals surface area contributed by atoms with E-state index < -0.39 is 0 Å². The first-order valence-corrected chi connectivity index (χ1v) is 4.43. The van der Waals surface area contributed by atoms with Crippen molar-refractivity contribution in [2.75, 3.05) is 0 Å². The van der Waals surface area contributed by atoms with Crippen LogP contribution in [0.3, 0.4) is 0 Å². The number of hydrogen-bond donors (Lipinski definition) is 0. The molecule has 0 amide bonds. The van der Waals surface area contributed by atoms with E-state index >= 15 is 0 Å². The van der Waals surface area contributed by atoms with Crippen molar-refractivity contribution in [1.82, 2.24) is 5.16 Å². The highest BCUT2D eigenvalue weighted by Gasteiger charge is 2.04. The summed E-state index contributed by atoms with van der Waals surface area (Å²) < 4.78 is 6.06. The molecule has 0 N–H and O–H groups in total. The molecule has 0 radical (unpaired) electrons. The van der Waals surface area contributed by atoms with Gasteiger partial charge >= 0.3 is 0 Å². The van der Waals surface area contributed by atoms with Crippen LogP contribution in [-0.4, -0.2) is 5.16 Å². The highest BCUT2D eigenvalue weighted by Crippen LogP contribution is 2.23. The van der Waals surface area contributed by atoms with Crippen LogP contribution < -0.4 is 0 Å². The molecule has 0 aliphatic rings. The molecular weight excluding hydrogens is 276 g/mol. The van der Waals surface area contributed by atoms with E-state index in [1.165, 1.54) is 0 Å². The van der Waals surface area contributed by atoms with E-state index in [2.05, 4.69) is 27.7 Å². The Morgan fingerprint density at radius 2 is 2.27 bits per heavy atom. The van der Waals surface area contributed by atoms with E-state index in [-0.39, 0.29) is 0 Å². The van der Waals surface area contributed by atoms with E-state index in [1.807, 2.05) is 18.2 Å². The van der Waals surface area contributed by atoms with Gasteiger partial charge in [-0.1, -0.05) is 16.8 Å². The van der Waals surface area contributed by atoms with Gasteiger partial charge < -0.3 is 4.52 Å². The van der Waals surface area contributed by atoms with Gasteiger partial charge in [0.2, 0.25) is 0 Å². The van der Waals surface area contributed by atoms with Crippen LogP contribution in [0, 0.1) is 3.57 Å². The number of fused-ring (bicyclic) bond motifs is 1. The zero-order valence-corrected chi connectivity index (χ0v) is 8.26. The predicted molar refractivity (Wildman–Crippen MR) is 51.7 cm³/mol. The first-order valence-electron chi connectivity index (χ1n) is 2.98. The molecule has 11 heavy (non-hydrogen) atoms. The second-order valence-electron chi connectivity index (χ2n) is 2.11. The van der Waals surface area contributed by atoms with Crippen LogP contribution in [0.5, 0.6) is 0 Å². The van der Waals surface area contributed by atoms with Crippen molar-refractivity contribution >= 4 is 45.2 Å². The standard InChI is InChI=1S/C7H3ClINO/c8-7-5-2-1-4(9)3-6(5)11-10-7/h1-3H. The minimum absolute atomic E-state index is 0.427. The number of hydrogen-bond acceptors (Lipinski definition) is 2. The molecule has 56 valence electrons. The fourth-order valence-corrected chi connectivity index (χ4v) is 1.53. The highest BCUT2D eigenvalue weighted by molar-refractivity contribution is 14.1. The average molecular weight is 279 g/mol. The Hall–Kier alpha value is -0.290. The number of benzene rings is 1. The Balaban J connectivity index is 2.86. The lowest BCUT2D eigenvalue weighted by Crippen LogP contribution is -1.68. The number of halogens is 2. The van der Waals surface area contributed by atoms with Crippen molar-refractivity contribution in [3.8, 4) is 0 Å². The molecule has 0 unspecified atom stereocenters. The molecule has 0 atom stereocenters. The van der Waals surface area contributed by atoms with Gasteiger partial charge in [0, 0.05) is 3.57 Å². The van der Waals surface area contributed by atoms with Crippen LogP contribution in [-0.2, 0) is 0 Å². The summed E-state index contributed by atoms with van der Waals surface area (Å²) in [6.45, 7) is 0. The van der Waals surface area contributed by atoms with Gasteiger partial charge in [0.1, 0.15) is 0 Å². The van der Waals surface area contributed by atoms with Gasteiger partial charge in [-0.15, -0.1) is 0 Å². The fraction of sp³-hybridized carbons (Fsp3) is 0. The highest BCUT2D eigenvalue weighted by atomic mass is 127. The minimum Gasteiger partial charge on any atom is -0.355 e. The number of aromatic nitrogens is 1. The third-order valence-electron chi connectivity index (χ3n) is 1.39. The Kier molecular flexibility index (Phi) is 1.77. The molecule has 0 aliphatic carbocycles. The molecule has 1 heterocycles. The van der Waals surface area contributed by atoms with Crippen molar-refractivity contribution in [1.29, 1.82) is 0 Å². The largest absolute Gasteiger partial charge is 0.355 e. The molecule has 0 saturated carbocycles. The van der Waals surface area contributed by atoms with E-state index in [1.54, 1.807) is 0 Å². The third-order valence-corrected chi connectivity index (χ3v) is 2.33. The average Bonchev–Trinajstić information content (AvgIpc) is 2.32. The quantitative estimate of drug-likeness (QED) is 0.693. The second kappa shape index (κ2) is 2.64. The Bertz CT molecular complexity index is 398. The van der Waals surface area contributed by atoms with Crippen molar-refractivity contribution in [3.05, 3.63) is 26.9 Å². The second-order valence-corrected chi connectivity index (χ2v) is 3.72. The Morgan fingerprint density at radius 3 is 3.09 bits per heavy atom. The van der Waals surface area contributed by atoms with E-state index in [0.717, 1.165) is 14.5 Å². The molecule has 0 fully saturated rings. The molecular formula is C7H3ClINO. The third kappa shape index (κ3) is 1.22. The molecule has 0 aliphatic heterocycles. The predicted octanol–water partition coefficient (Wildman–Crippen LogP) is 3.09. The van der Waals surface area contributed by atoms with Gasteiger partial charge in [0.25, 0.3) is 0 Å². The Morgan fingerprint density at radius 1 is 1.45 bits per heavy atom. The van der Waals surface area contributed by atoms with Crippen LogP contribution in [0.2, 0.25) is 5.15 Å². The van der Waals surface area contributed by atoms with Crippen molar-refractivity contribution < 1.29 is 4.52 Å². The summed E-state index contributed by atoms with van der Waals surface area (Å²) in [5.74, 6) is 0.